The molecule has 31 heavy (non-hydrogen) atoms. The van der Waals surface area contributed by atoms with Crippen LogP contribution < -0.4 is 0 Å². The van der Waals surface area contributed by atoms with Gasteiger partial charge in [0.1, 0.15) is 6.04 Å². The van der Waals surface area contributed by atoms with E-state index in [1.165, 1.54) is 0 Å². The summed E-state index contributed by atoms with van der Waals surface area (Å²) in [6, 6.07) is 12.3. The number of benzene rings is 2. The number of ketones is 2. The monoisotopic (exact) mass is 441 g/mol. The van der Waals surface area contributed by atoms with Gasteiger partial charge in [-0.1, -0.05) is 61.9 Å². The van der Waals surface area contributed by atoms with Crippen molar-refractivity contribution in [1.82, 2.24) is 0 Å². The Hall–Kier alpha value is -2.60. The Bertz CT molecular complexity index is 1060. The van der Waals surface area contributed by atoms with Crippen molar-refractivity contribution in [3.05, 3.63) is 70.3 Å². The number of hydrogen-bond donors (Lipinski definition) is 0. The number of hydrogen-bond acceptors (Lipinski definition) is 5. The molecule has 0 spiro atoms. The van der Waals surface area contributed by atoms with Crippen molar-refractivity contribution >= 4 is 27.1 Å². The van der Waals surface area contributed by atoms with Crippen LogP contribution in [0.25, 0.3) is 0 Å². The van der Waals surface area contributed by atoms with Gasteiger partial charge in [-0.15, -0.1) is 0 Å². The second-order valence-corrected chi connectivity index (χ2v) is 10.1. The van der Waals surface area contributed by atoms with E-state index in [0.29, 0.717) is 24.1 Å². The standard InChI is InChI=1S/C25H31NO4S/c1-6-20-13-17(3)14-21(7-2)23(20)25(28)24(27)22(15-19-11-9-8-10-12-19)26-18(4)16-31(5,29)30/h8-14,22H,6-7,15-16H2,1-5H3. The molecule has 5 nitrogen and oxygen atoms in total. The van der Waals surface area contributed by atoms with E-state index in [2.05, 4.69) is 4.99 Å². The van der Waals surface area contributed by atoms with Crippen molar-refractivity contribution in [2.45, 2.75) is 53.0 Å². The lowest BCUT2D eigenvalue weighted by Crippen LogP contribution is -2.32. The minimum atomic E-state index is -3.29. The first-order chi connectivity index (χ1) is 14.6. The SMILES string of the molecule is CCc1cc(C)cc(CC)c1C(=O)C(=O)C(Cc1ccccc1)N=C(C)CS(C)(=O)=O. The van der Waals surface area contributed by atoms with E-state index >= 15 is 0 Å². The van der Waals surface area contributed by atoms with Crippen molar-refractivity contribution < 1.29 is 18.0 Å². The summed E-state index contributed by atoms with van der Waals surface area (Å²) in [4.78, 5) is 31.1. The van der Waals surface area contributed by atoms with Crippen LogP contribution in [0.1, 0.15) is 53.4 Å². The van der Waals surface area contributed by atoms with E-state index in [4.69, 9.17) is 0 Å². The minimum Gasteiger partial charge on any atom is -0.288 e. The molecular weight excluding hydrogens is 410 g/mol. The quantitative estimate of drug-likeness (QED) is 0.317. The van der Waals surface area contributed by atoms with Crippen LogP contribution in [0.5, 0.6) is 0 Å². The van der Waals surface area contributed by atoms with Gasteiger partial charge < -0.3 is 0 Å². The third kappa shape index (κ3) is 6.96. The van der Waals surface area contributed by atoms with Gasteiger partial charge in [0, 0.05) is 24.0 Å². The molecule has 2 aromatic rings. The van der Waals surface area contributed by atoms with Gasteiger partial charge in [-0.25, -0.2) is 8.42 Å². The third-order valence-corrected chi connectivity index (χ3v) is 6.02. The number of aliphatic imine (C=N–C) groups is 1. The molecule has 0 fully saturated rings. The Labute approximate surface area is 185 Å². The molecule has 0 N–H and O–H groups in total. The summed E-state index contributed by atoms with van der Waals surface area (Å²) in [6.45, 7) is 7.49. The fraction of sp³-hybridized carbons (Fsp3) is 0.400. The smallest absolute Gasteiger partial charge is 0.231 e. The maximum Gasteiger partial charge on any atom is 0.231 e. The highest BCUT2D eigenvalue weighted by Crippen LogP contribution is 2.22. The van der Waals surface area contributed by atoms with E-state index in [1.54, 1.807) is 6.92 Å². The summed E-state index contributed by atoms with van der Waals surface area (Å²) in [5, 5.41) is 0. The number of rotatable bonds is 10. The maximum atomic E-state index is 13.4. The molecule has 0 bridgehead atoms. The molecule has 1 atom stereocenters. The summed E-state index contributed by atoms with van der Waals surface area (Å²) in [6.07, 6.45) is 2.64. The molecule has 0 heterocycles. The molecule has 6 heteroatoms. The molecule has 0 aliphatic rings. The van der Waals surface area contributed by atoms with Gasteiger partial charge >= 0.3 is 0 Å². The number of sulfone groups is 1. The molecule has 0 aliphatic carbocycles. The maximum absolute atomic E-state index is 13.4. The second kappa shape index (κ2) is 10.6. The van der Waals surface area contributed by atoms with Crippen LogP contribution >= 0.6 is 0 Å². The normalized spacial score (nSPS) is 13.1. The van der Waals surface area contributed by atoms with Gasteiger partial charge in [-0.05, 0) is 43.4 Å². The van der Waals surface area contributed by atoms with Gasteiger partial charge in [-0.2, -0.15) is 0 Å². The molecular formula is C25H31NO4S. The number of aryl methyl sites for hydroxylation is 3. The van der Waals surface area contributed by atoms with Crippen LogP contribution in [0.2, 0.25) is 0 Å². The van der Waals surface area contributed by atoms with E-state index in [0.717, 1.165) is 28.5 Å². The third-order valence-electron chi connectivity index (χ3n) is 5.08. The van der Waals surface area contributed by atoms with Crippen LogP contribution in [-0.2, 0) is 33.9 Å². The Morgan fingerprint density at radius 3 is 2.03 bits per heavy atom. The summed E-state index contributed by atoms with van der Waals surface area (Å²) >= 11 is 0. The second-order valence-electron chi connectivity index (χ2n) is 8.00. The van der Waals surface area contributed by atoms with Crippen molar-refractivity contribution in [2.24, 2.45) is 4.99 Å². The Kier molecular flexibility index (Phi) is 8.45. The van der Waals surface area contributed by atoms with E-state index in [-0.39, 0.29) is 12.2 Å². The largest absolute Gasteiger partial charge is 0.288 e. The molecule has 0 aliphatic heterocycles. The number of carbonyl (C=O) groups excluding carboxylic acids is 2. The highest BCUT2D eigenvalue weighted by Gasteiger charge is 2.29. The van der Waals surface area contributed by atoms with Gasteiger partial charge in [0.25, 0.3) is 0 Å². The van der Waals surface area contributed by atoms with Gasteiger partial charge in [0.05, 0.1) is 5.75 Å². The zero-order valence-corrected chi connectivity index (χ0v) is 19.8. The highest BCUT2D eigenvalue weighted by molar-refractivity contribution is 7.91. The van der Waals surface area contributed by atoms with Gasteiger partial charge in [-0.3, -0.25) is 14.6 Å². The van der Waals surface area contributed by atoms with Gasteiger partial charge in [0.2, 0.25) is 11.6 Å². The molecule has 0 radical (unpaired) electrons. The molecule has 0 saturated heterocycles. The summed E-state index contributed by atoms with van der Waals surface area (Å²) in [5.41, 5.74) is 4.41. The number of carbonyl (C=O) groups is 2. The van der Waals surface area contributed by atoms with E-state index in [9.17, 15) is 18.0 Å². The lowest BCUT2D eigenvalue weighted by Gasteiger charge is -2.17. The van der Waals surface area contributed by atoms with Crippen LogP contribution in [0.4, 0.5) is 0 Å². The fourth-order valence-corrected chi connectivity index (χ4v) is 4.62. The Morgan fingerprint density at radius 2 is 1.55 bits per heavy atom. The van der Waals surface area contributed by atoms with Gasteiger partial charge in [0.15, 0.2) is 9.84 Å². The van der Waals surface area contributed by atoms with Crippen LogP contribution in [0.3, 0.4) is 0 Å². The Morgan fingerprint density at radius 1 is 1.00 bits per heavy atom. The van der Waals surface area contributed by atoms with E-state index < -0.39 is 27.4 Å². The molecule has 2 aromatic carbocycles. The summed E-state index contributed by atoms with van der Waals surface area (Å²) in [7, 11) is -3.29. The van der Waals surface area contributed by atoms with E-state index in [1.807, 2.05) is 63.2 Å². The molecule has 0 saturated carbocycles. The first kappa shape index (κ1) is 24.7. The first-order valence-electron chi connectivity index (χ1n) is 10.5. The van der Waals surface area contributed by atoms with Crippen molar-refractivity contribution in [2.75, 3.05) is 12.0 Å². The first-order valence-corrected chi connectivity index (χ1v) is 12.6. The lowest BCUT2D eigenvalue weighted by molar-refractivity contribution is -0.116. The fourth-order valence-electron chi connectivity index (χ4n) is 3.78. The van der Waals surface area contributed by atoms with Crippen molar-refractivity contribution in [3.8, 4) is 0 Å². The zero-order valence-electron chi connectivity index (χ0n) is 18.9. The van der Waals surface area contributed by atoms with Crippen LogP contribution in [0.15, 0.2) is 47.5 Å². The predicted octanol–water partition coefficient (Wildman–Crippen LogP) is 3.99. The van der Waals surface area contributed by atoms with Crippen LogP contribution in [-0.4, -0.2) is 43.7 Å². The van der Waals surface area contributed by atoms with Crippen LogP contribution in [0, 0.1) is 6.92 Å². The summed E-state index contributed by atoms with van der Waals surface area (Å²) in [5.74, 6) is -1.40. The topological polar surface area (TPSA) is 80.6 Å². The molecule has 0 aromatic heterocycles. The summed E-state index contributed by atoms with van der Waals surface area (Å²) < 4.78 is 23.3. The van der Waals surface area contributed by atoms with Crippen molar-refractivity contribution in [3.63, 3.8) is 0 Å². The minimum absolute atomic E-state index is 0.237. The predicted molar refractivity (Wildman–Crippen MR) is 126 cm³/mol. The average Bonchev–Trinajstić information content (AvgIpc) is 2.70. The number of Topliss-reactive ketones (excluding diaryl/α,β-unsaturated/α-hetero) is 2. The Balaban J connectivity index is 2.49. The van der Waals surface area contributed by atoms with Crippen molar-refractivity contribution in [1.29, 1.82) is 0 Å². The average molecular weight is 442 g/mol. The molecule has 0 amide bonds. The lowest BCUT2D eigenvalue weighted by atomic mass is 9.88. The molecule has 166 valence electrons. The highest BCUT2D eigenvalue weighted by atomic mass is 32.2. The molecule has 2 rings (SSSR count). The molecule has 1 unspecified atom stereocenters. The zero-order chi connectivity index (χ0) is 23.2. The number of nitrogens with zero attached hydrogens (tertiary/aromatic N) is 1.